The van der Waals surface area contributed by atoms with Crippen LogP contribution in [0.4, 0.5) is 5.69 Å². The van der Waals surface area contributed by atoms with Gasteiger partial charge in [-0.15, -0.1) is 0 Å². The average molecular weight is 403 g/mol. The number of anilines is 1. The third-order valence-electron chi connectivity index (χ3n) is 5.87. The first-order chi connectivity index (χ1) is 14.6. The van der Waals surface area contributed by atoms with Crippen LogP contribution < -0.4 is 4.90 Å². The van der Waals surface area contributed by atoms with Crippen LogP contribution in [0.3, 0.4) is 0 Å². The minimum absolute atomic E-state index is 0.0362. The molecule has 0 bridgehead atoms. The van der Waals surface area contributed by atoms with Crippen molar-refractivity contribution in [2.75, 3.05) is 11.4 Å². The zero-order valence-corrected chi connectivity index (χ0v) is 17.2. The normalized spacial score (nSPS) is 17.6. The van der Waals surface area contributed by atoms with E-state index < -0.39 is 0 Å². The van der Waals surface area contributed by atoms with E-state index in [0.29, 0.717) is 5.76 Å². The van der Waals surface area contributed by atoms with Crippen LogP contribution in [0.5, 0.6) is 0 Å². The van der Waals surface area contributed by atoms with E-state index in [2.05, 4.69) is 4.57 Å². The molecule has 1 aliphatic carbocycles. The predicted octanol–water partition coefficient (Wildman–Crippen LogP) is 4.15. The summed E-state index contributed by atoms with van der Waals surface area (Å²) >= 11 is 0. The summed E-state index contributed by atoms with van der Waals surface area (Å²) in [4.78, 5) is 30.1. The van der Waals surface area contributed by atoms with Crippen LogP contribution in [0.1, 0.15) is 44.2 Å². The Bertz CT molecular complexity index is 1080. The quantitative estimate of drug-likeness (QED) is 0.643. The summed E-state index contributed by atoms with van der Waals surface area (Å²) in [7, 11) is 0. The number of aromatic nitrogens is 1. The first-order valence-corrected chi connectivity index (χ1v) is 10.5. The summed E-state index contributed by atoms with van der Waals surface area (Å²) in [6.45, 7) is 3.85. The lowest BCUT2D eigenvalue weighted by atomic mass is 10.0. The van der Waals surface area contributed by atoms with Crippen molar-refractivity contribution in [2.45, 2.75) is 38.8 Å². The largest absolute Gasteiger partial charge is 0.467 e. The summed E-state index contributed by atoms with van der Waals surface area (Å²) in [6.07, 6.45) is 5.56. The molecule has 1 aromatic carbocycles. The molecule has 2 aliphatic rings. The van der Waals surface area contributed by atoms with Crippen LogP contribution in [-0.4, -0.2) is 33.9 Å². The van der Waals surface area contributed by atoms with Crippen LogP contribution in [-0.2, 0) is 9.59 Å². The third kappa shape index (κ3) is 3.03. The minimum Gasteiger partial charge on any atom is -0.467 e. The van der Waals surface area contributed by atoms with Crippen molar-refractivity contribution in [3.8, 4) is 5.69 Å². The smallest absolute Gasteiger partial charge is 0.247 e. The Labute approximate surface area is 175 Å². The van der Waals surface area contributed by atoms with E-state index in [1.54, 1.807) is 16.1 Å². The molecule has 1 aliphatic heterocycles. The number of carbonyl (C=O) groups is 2. The van der Waals surface area contributed by atoms with Gasteiger partial charge in [-0.1, -0.05) is 26.0 Å². The molecule has 0 N–H and O–H groups in total. The van der Waals surface area contributed by atoms with Gasteiger partial charge in [0.05, 0.1) is 23.3 Å². The number of hydrogen-bond acceptors (Lipinski definition) is 3. The van der Waals surface area contributed by atoms with Crippen LogP contribution >= 0.6 is 0 Å². The molecule has 3 heterocycles. The maximum atomic E-state index is 13.7. The Kier molecular flexibility index (Phi) is 4.50. The number of furan rings is 1. The van der Waals surface area contributed by atoms with Gasteiger partial charge < -0.3 is 13.9 Å². The monoisotopic (exact) mass is 403 g/mol. The molecular weight excluding hydrogens is 378 g/mol. The Morgan fingerprint density at radius 1 is 1.07 bits per heavy atom. The first-order valence-electron chi connectivity index (χ1n) is 10.5. The molecule has 1 atom stereocenters. The predicted molar refractivity (Wildman–Crippen MR) is 113 cm³/mol. The molecule has 0 saturated heterocycles. The standard InChI is InChI=1S/C24H25N3O3/c1-16(2)24(29)26(17-11-12-17)15-22(28)27-19-8-4-3-7-18(19)25-13-5-9-20(25)23(27)21-10-6-14-30-21/h3-10,13-14,16-17,23H,11-12,15H2,1-2H3. The van der Waals surface area contributed by atoms with Crippen LogP contribution in [0.15, 0.2) is 65.4 Å². The second-order valence-corrected chi connectivity index (χ2v) is 8.33. The molecule has 1 unspecified atom stereocenters. The number of carbonyl (C=O) groups excluding carboxylic acids is 2. The molecule has 1 saturated carbocycles. The lowest BCUT2D eigenvalue weighted by Gasteiger charge is -2.38. The Hall–Kier alpha value is -3.28. The summed E-state index contributed by atoms with van der Waals surface area (Å²) in [5, 5.41) is 0. The Morgan fingerprint density at radius 3 is 2.50 bits per heavy atom. The van der Waals surface area contributed by atoms with E-state index >= 15 is 0 Å². The number of amides is 2. The van der Waals surface area contributed by atoms with Gasteiger partial charge in [0.2, 0.25) is 11.8 Å². The van der Waals surface area contributed by atoms with Gasteiger partial charge in [-0.25, -0.2) is 0 Å². The molecule has 0 spiro atoms. The summed E-state index contributed by atoms with van der Waals surface area (Å²) in [5.74, 6) is 0.502. The number of rotatable bonds is 5. The highest BCUT2D eigenvalue weighted by Gasteiger charge is 2.41. The van der Waals surface area contributed by atoms with Crippen molar-refractivity contribution in [3.63, 3.8) is 0 Å². The van der Waals surface area contributed by atoms with Crippen molar-refractivity contribution in [3.05, 3.63) is 72.4 Å². The molecule has 1 fully saturated rings. The number of hydrogen-bond donors (Lipinski definition) is 0. The summed E-state index contributed by atoms with van der Waals surface area (Å²) in [5.41, 5.74) is 2.73. The van der Waals surface area contributed by atoms with Gasteiger partial charge in [0.15, 0.2) is 0 Å². The maximum Gasteiger partial charge on any atom is 0.247 e. The van der Waals surface area contributed by atoms with Crippen LogP contribution in [0.25, 0.3) is 5.69 Å². The Morgan fingerprint density at radius 2 is 1.83 bits per heavy atom. The van der Waals surface area contributed by atoms with Crippen LogP contribution in [0.2, 0.25) is 0 Å². The fourth-order valence-electron chi connectivity index (χ4n) is 4.30. The van der Waals surface area contributed by atoms with Crippen molar-refractivity contribution in [2.24, 2.45) is 5.92 Å². The zero-order chi connectivity index (χ0) is 20.8. The highest BCUT2D eigenvalue weighted by Crippen LogP contribution is 2.42. The topological polar surface area (TPSA) is 58.7 Å². The molecule has 2 amide bonds. The second kappa shape index (κ2) is 7.20. The van der Waals surface area contributed by atoms with E-state index in [-0.39, 0.29) is 36.4 Å². The zero-order valence-electron chi connectivity index (χ0n) is 17.2. The van der Waals surface area contributed by atoms with Crippen molar-refractivity contribution < 1.29 is 14.0 Å². The van der Waals surface area contributed by atoms with Crippen molar-refractivity contribution >= 4 is 17.5 Å². The number of para-hydroxylation sites is 2. The molecule has 5 rings (SSSR count). The maximum absolute atomic E-state index is 13.7. The molecule has 3 aromatic rings. The highest BCUT2D eigenvalue weighted by molar-refractivity contribution is 6.00. The molecule has 30 heavy (non-hydrogen) atoms. The Balaban J connectivity index is 1.58. The van der Waals surface area contributed by atoms with Crippen molar-refractivity contribution in [1.29, 1.82) is 0 Å². The molecule has 2 aromatic heterocycles. The van der Waals surface area contributed by atoms with Crippen molar-refractivity contribution in [1.82, 2.24) is 9.47 Å². The lowest BCUT2D eigenvalue weighted by Crippen LogP contribution is -2.48. The van der Waals surface area contributed by atoms with E-state index in [0.717, 1.165) is 29.9 Å². The number of nitrogens with zero attached hydrogens (tertiary/aromatic N) is 3. The van der Waals surface area contributed by atoms with Gasteiger partial charge in [0.1, 0.15) is 18.3 Å². The third-order valence-corrected chi connectivity index (χ3v) is 5.87. The molecule has 6 heteroatoms. The van der Waals surface area contributed by atoms with Crippen LogP contribution in [0, 0.1) is 5.92 Å². The van der Waals surface area contributed by atoms with Gasteiger partial charge in [0.25, 0.3) is 0 Å². The average Bonchev–Trinajstić information content (AvgIpc) is 3.23. The molecule has 0 radical (unpaired) electrons. The fourth-order valence-corrected chi connectivity index (χ4v) is 4.30. The lowest BCUT2D eigenvalue weighted by molar-refractivity contribution is -0.138. The fraction of sp³-hybridized carbons (Fsp3) is 0.333. The molecular formula is C24H25N3O3. The second-order valence-electron chi connectivity index (χ2n) is 8.33. The summed E-state index contributed by atoms with van der Waals surface area (Å²) < 4.78 is 7.86. The first kappa shape index (κ1) is 18.7. The minimum atomic E-state index is -0.382. The van der Waals surface area contributed by atoms with Gasteiger partial charge >= 0.3 is 0 Å². The van der Waals surface area contributed by atoms with E-state index in [1.165, 1.54) is 0 Å². The van der Waals surface area contributed by atoms with E-state index in [4.69, 9.17) is 4.42 Å². The number of fused-ring (bicyclic) bond motifs is 3. The SMILES string of the molecule is CC(C)C(=O)N(CC(=O)N1c2ccccc2-n2cccc2C1c1ccco1)C1CC1. The number of benzene rings is 1. The molecule has 6 nitrogen and oxygen atoms in total. The summed E-state index contributed by atoms with van der Waals surface area (Å²) in [6, 6.07) is 15.4. The van der Waals surface area contributed by atoms with Gasteiger partial charge in [-0.2, -0.15) is 0 Å². The van der Waals surface area contributed by atoms with Gasteiger partial charge in [-0.05, 0) is 49.2 Å². The van der Waals surface area contributed by atoms with E-state index in [1.807, 2.05) is 68.6 Å². The highest BCUT2D eigenvalue weighted by atomic mass is 16.3. The van der Waals surface area contributed by atoms with Gasteiger partial charge in [0, 0.05) is 18.2 Å². The van der Waals surface area contributed by atoms with Gasteiger partial charge in [-0.3, -0.25) is 14.5 Å². The molecule has 154 valence electrons. The van der Waals surface area contributed by atoms with E-state index in [9.17, 15) is 9.59 Å².